The predicted molar refractivity (Wildman–Crippen MR) is 55.4 cm³/mol. The largest absolute Gasteiger partial charge is 0.496 e. The van der Waals surface area contributed by atoms with Crippen molar-refractivity contribution in [2.45, 2.75) is 19.3 Å². The Balaban J connectivity index is 2.97. The number of hydrogen-bond donors (Lipinski definition) is 1. The second-order valence-corrected chi connectivity index (χ2v) is 3.55. The van der Waals surface area contributed by atoms with Crippen molar-refractivity contribution in [1.82, 2.24) is 0 Å². The van der Waals surface area contributed by atoms with Gasteiger partial charge in [0.05, 0.1) is 13.7 Å². The number of benzene rings is 1. The molecule has 15 heavy (non-hydrogen) atoms. The van der Waals surface area contributed by atoms with Crippen molar-refractivity contribution >= 4 is 0 Å². The van der Waals surface area contributed by atoms with Crippen LogP contribution in [0.5, 0.6) is 5.75 Å². The summed E-state index contributed by atoms with van der Waals surface area (Å²) in [5.41, 5.74) is 6.42. The normalized spacial score (nSPS) is 11.5. The molecule has 1 aromatic carbocycles. The van der Waals surface area contributed by atoms with Crippen LogP contribution >= 0.6 is 0 Å². The highest BCUT2D eigenvalue weighted by Crippen LogP contribution is 2.26. The lowest BCUT2D eigenvalue weighted by Gasteiger charge is -2.16. The summed E-state index contributed by atoms with van der Waals surface area (Å²) in [6.07, 6.45) is -0.381. The van der Waals surface area contributed by atoms with Crippen LogP contribution in [0, 0.1) is 6.92 Å². The summed E-state index contributed by atoms with van der Waals surface area (Å²) < 4.78 is 31.2. The smallest absolute Gasteiger partial charge is 0.264 e. The first-order chi connectivity index (χ1) is 6.98. The van der Waals surface area contributed by atoms with Gasteiger partial charge < -0.3 is 10.5 Å². The fraction of sp³-hybridized carbons (Fsp3) is 0.455. The van der Waals surface area contributed by atoms with E-state index in [0.29, 0.717) is 11.3 Å². The van der Waals surface area contributed by atoms with Crippen molar-refractivity contribution in [2.75, 3.05) is 13.7 Å². The van der Waals surface area contributed by atoms with E-state index in [-0.39, 0.29) is 6.42 Å². The van der Waals surface area contributed by atoms with Crippen molar-refractivity contribution < 1.29 is 13.5 Å². The van der Waals surface area contributed by atoms with Gasteiger partial charge in [0.2, 0.25) is 0 Å². The SMILES string of the molecule is COc1ccc(C)cc1CC(F)(F)CN. The molecule has 0 aliphatic carbocycles. The van der Waals surface area contributed by atoms with E-state index in [9.17, 15) is 8.78 Å². The fourth-order valence-electron chi connectivity index (χ4n) is 1.40. The first-order valence-electron chi connectivity index (χ1n) is 4.70. The minimum Gasteiger partial charge on any atom is -0.496 e. The third-order valence-corrected chi connectivity index (χ3v) is 2.18. The van der Waals surface area contributed by atoms with Crippen molar-refractivity contribution in [3.8, 4) is 5.75 Å². The Bertz CT molecular complexity index is 339. The summed E-state index contributed by atoms with van der Waals surface area (Å²) in [5.74, 6) is -2.39. The summed E-state index contributed by atoms with van der Waals surface area (Å²) in [4.78, 5) is 0. The summed E-state index contributed by atoms with van der Waals surface area (Å²) in [6.45, 7) is 1.20. The lowest BCUT2D eigenvalue weighted by atomic mass is 10.0. The Morgan fingerprint density at radius 3 is 2.60 bits per heavy atom. The van der Waals surface area contributed by atoms with Crippen LogP contribution in [0.25, 0.3) is 0 Å². The Labute approximate surface area is 88.0 Å². The van der Waals surface area contributed by atoms with Crippen LogP contribution in [0.1, 0.15) is 11.1 Å². The minimum atomic E-state index is -2.87. The van der Waals surface area contributed by atoms with E-state index in [1.807, 2.05) is 13.0 Å². The molecule has 2 nitrogen and oxygen atoms in total. The van der Waals surface area contributed by atoms with Gasteiger partial charge in [0.15, 0.2) is 0 Å². The van der Waals surface area contributed by atoms with E-state index < -0.39 is 12.5 Å². The number of methoxy groups -OCH3 is 1. The van der Waals surface area contributed by atoms with Gasteiger partial charge in [-0.1, -0.05) is 17.7 Å². The lowest BCUT2D eigenvalue weighted by Crippen LogP contribution is -2.30. The zero-order valence-corrected chi connectivity index (χ0v) is 8.89. The molecule has 0 heterocycles. The molecule has 0 aliphatic rings. The zero-order valence-electron chi connectivity index (χ0n) is 8.89. The van der Waals surface area contributed by atoms with Crippen LogP contribution < -0.4 is 10.5 Å². The number of aryl methyl sites for hydroxylation is 1. The van der Waals surface area contributed by atoms with Crippen molar-refractivity contribution in [3.63, 3.8) is 0 Å². The van der Waals surface area contributed by atoms with E-state index in [4.69, 9.17) is 10.5 Å². The van der Waals surface area contributed by atoms with Crippen LogP contribution in [-0.4, -0.2) is 19.6 Å². The second kappa shape index (κ2) is 4.57. The molecular formula is C11H15F2NO. The van der Waals surface area contributed by atoms with Gasteiger partial charge in [-0.15, -0.1) is 0 Å². The highest BCUT2D eigenvalue weighted by Gasteiger charge is 2.28. The first-order valence-corrected chi connectivity index (χ1v) is 4.70. The summed E-state index contributed by atoms with van der Waals surface area (Å²) in [5, 5.41) is 0. The maximum atomic E-state index is 13.1. The van der Waals surface area contributed by atoms with Gasteiger partial charge in [-0.05, 0) is 13.0 Å². The lowest BCUT2D eigenvalue weighted by molar-refractivity contribution is 0.0109. The average molecular weight is 215 g/mol. The molecule has 0 fully saturated rings. The van der Waals surface area contributed by atoms with Gasteiger partial charge in [0, 0.05) is 12.0 Å². The monoisotopic (exact) mass is 215 g/mol. The highest BCUT2D eigenvalue weighted by atomic mass is 19.3. The molecule has 0 bridgehead atoms. The minimum absolute atomic E-state index is 0.381. The van der Waals surface area contributed by atoms with Crippen molar-refractivity contribution in [1.29, 1.82) is 0 Å². The van der Waals surface area contributed by atoms with Gasteiger partial charge in [-0.2, -0.15) is 0 Å². The average Bonchev–Trinajstić information content (AvgIpc) is 2.18. The number of rotatable bonds is 4. The standard InChI is InChI=1S/C11H15F2NO/c1-8-3-4-10(15-2)9(5-8)6-11(12,13)7-14/h3-5H,6-7,14H2,1-2H3. The van der Waals surface area contributed by atoms with Gasteiger partial charge in [0.1, 0.15) is 5.75 Å². The molecule has 4 heteroatoms. The highest BCUT2D eigenvalue weighted by molar-refractivity contribution is 5.37. The maximum Gasteiger partial charge on any atom is 0.264 e. The Morgan fingerprint density at radius 2 is 2.07 bits per heavy atom. The van der Waals surface area contributed by atoms with Crippen molar-refractivity contribution in [2.24, 2.45) is 5.73 Å². The van der Waals surface area contributed by atoms with Crippen LogP contribution in [0.4, 0.5) is 8.78 Å². The van der Waals surface area contributed by atoms with E-state index >= 15 is 0 Å². The molecule has 0 amide bonds. The maximum absolute atomic E-state index is 13.1. The number of alkyl halides is 2. The number of ether oxygens (including phenoxy) is 1. The van der Waals surface area contributed by atoms with E-state index in [2.05, 4.69) is 0 Å². The molecule has 0 saturated carbocycles. The molecule has 0 spiro atoms. The Hall–Kier alpha value is -1.16. The number of hydrogen-bond acceptors (Lipinski definition) is 2. The molecule has 0 radical (unpaired) electrons. The van der Waals surface area contributed by atoms with Gasteiger partial charge in [0.25, 0.3) is 5.92 Å². The van der Waals surface area contributed by atoms with Gasteiger partial charge in [-0.25, -0.2) is 8.78 Å². The van der Waals surface area contributed by atoms with Crippen LogP contribution in [0.2, 0.25) is 0 Å². The quantitative estimate of drug-likeness (QED) is 0.835. The molecule has 0 aliphatic heterocycles. The molecule has 0 aromatic heterocycles. The van der Waals surface area contributed by atoms with E-state index in [1.165, 1.54) is 7.11 Å². The first kappa shape index (κ1) is 11.9. The van der Waals surface area contributed by atoms with Crippen molar-refractivity contribution in [3.05, 3.63) is 29.3 Å². The van der Waals surface area contributed by atoms with Gasteiger partial charge in [-0.3, -0.25) is 0 Å². The molecule has 0 atom stereocenters. The third kappa shape index (κ3) is 3.16. The molecule has 1 aromatic rings. The molecular weight excluding hydrogens is 200 g/mol. The topological polar surface area (TPSA) is 35.2 Å². The molecule has 1 rings (SSSR count). The molecule has 0 unspecified atom stereocenters. The molecule has 84 valence electrons. The summed E-state index contributed by atoms with van der Waals surface area (Å²) in [7, 11) is 1.47. The van der Waals surface area contributed by atoms with E-state index in [0.717, 1.165) is 5.56 Å². The van der Waals surface area contributed by atoms with E-state index in [1.54, 1.807) is 12.1 Å². The molecule has 2 N–H and O–H groups in total. The van der Waals surface area contributed by atoms with Gasteiger partial charge >= 0.3 is 0 Å². The number of nitrogens with two attached hydrogens (primary N) is 1. The van der Waals surface area contributed by atoms with Crippen LogP contribution in [0.15, 0.2) is 18.2 Å². The summed E-state index contributed by atoms with van der Waals surface area (Å²) >= 11 is 0. The molecule has 0 saturated heterocycles. The third-order valence-electron chi connectivity index (χ3n) is 2.18. The summed E-state index contributed by atoms with van der Waals surface area (Å²) in [6, 6.07) is 5.21. The van der Waals surface area contributed by atoms with Crippen LogP contribution in [-0.2, 0) is 6.42 Å². The zero-order chi connectivity index (χ0) is 11.5. The van der Waals surface area contributed by atoms with Crippen LogP contribution in [0.3, 0.4) is 0 Å². The number of halogens is 2. The Kier molecular flexibility index (Phi) is 3.63. The Morgan fingerprint density at radius 1 is 1.40 bits per heavy atom. The predicted octanol–water partition coefficient (Wildman–Crippen LogP) is 2.14. The second-order valence-electron chi connectivity index (χ2n) is 3.55. The fourth-order valence-corrected chi connectivity index (χ4v) is 1.40.